The molecule has 1 saturated heterocycles. The molecule has 2 heterocycles. The molecule has 0 aromatic carbocycles. The Balaban J connectivity index is 1.98. The van der Waals surface area contributed by atoms with Crippen molar-refractivity contribution in [3.63, 3.8) is 0 Å². The van der Waals surface area contributed by atoms with E-state index in [0.717, 1.165) is 25.1 Å². The van der Waals surface area contributed by atoms with E-state index in [1.54, 1.807) is 6.07 Å². The van der Waals surface area contributed by atoms with Crippen molar-refractivity contribution in [1.82, 2.24) is 10.1 Å². The number of aromatic nitrogens is 1. The zero-order valence-electron chi connectivity index (χ0n) is 12.5. The maximum atomic E-state index is 11.2. The number of H-pyrrole nitrogens is 1. The molecule has 1 aromatic rings. The van der Waals surface area contributed by atoms with Gasteiger partial charge in [-0.3, -0.25) is 4.79 Å². The summed E-state index contributed by atoms with van der Waals surface area (Å²) in [6.07, 6.45) is 4.60. The summed E-state index contributed by atoms with van der Waals surface area (Å²) in [4.78, 5) is 13.6. The Morgan fingerprint density at radius 1 is 1.47 bits per heavy atom. The highest BCUT2D eigenvalue weighted by Gasteiger charge is 2.29. The highest BCUT2D eigenvalue weighted by Crippen LogP contribution is 2.33. The van der Waals surface area contributed by atoms with E-state index in [-0.39, 0.29) is 5.56 Å². The van der Waals surface area contributed by atoms with Crippen LogP contribution in [0, 0.1) is 5.41 Å². The van der Waals surface area contributed by atoms with Crippen LogP contribution in [0.25, 0.3) is 0 Å². The van der Waals surface area contributed by atoms with Gasteiger partial charge in [0.15, 0.2) is 0 Å². The molecule has 2 rings (SSSR count). The Hall–Kier alpha value is -1.03. The minimum Gasteiger partial charge on any atom is -0.383 e. The molecule has 1 fully saturated rings. The lowest BCUT2D eigenvalue weighted by Crippen LogP contribution is -2.39. The first kappa shape index (κ1) is 14.4. The fourth-order valence-corrected chi connectivity index (χ4v) is 2.86. The van der Waals surface area contributed by atoms with Crippen molar-refractivity contribution in [3.05, 3.63) is 22.2 Å². The Bertz CT molecular complexity index is 455. The van der Waals surface area contributed by atoms with Crippen LogP contribution in [0.5, 0.6) is 0 Å². The Kier molecular flexibility index (Phi) is 4.19. The predicted octanol–water partition coefficient (Wildman–Crippen LogP) is 2.97. The molecule has 19 heavy (non-hydrogen) atoms. The number of rotatable bonds is 3. The average Bonchev–Trinajstić information content (AvgIpc) is 2.74. The first-order chi connectivity index (χ1) is 8.85. The molecular formula is C15H26N2O2. The van der Waals surface area contributed by atoms with Crippen LogP contribution < -0.4 is 5.56 Å². The van der Waals surface area contributed by atoms with E-state index >= 15 is 0 Å². The number of likely N-dealkylation sites (tertiary alicyclic amines) is 1. The van der Waals surface area contributed by atoms with Crippen molar-refractivity contribution >= 4 is 0 Å². The molecule has 0 spiro atoms. The van der Waals surface area contributed by atoms with Crippen molar-refractivity contribution in [3.8, 4) is 0 Å². The molecule has 0 amide bonds. The molecule has 1 N–H and O–H groups in total. The maximum Gasteiger partial charge on any atom is 0.280 e. The van der Waals surface area contributed by atoms with Gasteiger partial charge in [-0.15, -0.1) is 0 Å². The molecule has 1 aliphatic heterocycles. The van der Waals surface area contributed by atoms with Crippen LogP contribution in [-0.4, -0.2) is 29.7 Å². The van der Waals surface area contributed by atoms with Gasteiger partial charge in [-0.1, -0.05) is 20.8 Å². The summed E-state index contributed by atoms with van der Waals surface area (Å²) < 4.78 is 5.28. The van der Waals surface area contributed by atoms with E-state index in [1.165, 1.54) is 12.8 Å². The minimum absolute atomic E-state index is 0.125. The van der Waals surface area contributed by atoms with Crippen LogP contribution in [-0.2, 0) is 0 Å². The van der Waals surface area contributed by atoms with Gasteiger partial charge in [-0.25, -0.2) is 0 Å². The highest BCUT2D eigenvalue weighted by atomic mass is 16.5. The van der Waals surface area contributed by atoms with Gasteiger partial charge < -0.3 is 9.42 Å². The van der Waals surface area contributed by atoms with E-state index in [4.69, 9.17) is 4.52 Å². The van der Waals surface area contributed by atoms with E-state index in [0.29, 0.717) is 17.4 Å². The third-order valence-corrected chi connectivity index (χ3v) is 4.18. The fraction of sp³-hybridized carbons (Fsp3) is 0.800. The third-order valence-electron chi connectivity index (χ3n) is 4.18. The van der Waals surface area contributed by atoms with Gasteiger partial charge in [0.05, 0.1) is 0 Å². The van der Waals surface area contributed by atoms with Crippen LogP contribution in [0.3, 0.4) is 0 Å². The highest BCUT2D eigenvalue weighted by molar-refractivity contribution is 5.05. The molecule has 108 valence electrons. The smallest absolute Gasteiger partial charge is 0.280 e. The molecule has 0 radical (unpaired) electrons. The second-order valence-electron chi connectivity index (χ2n) is 7.07. The lowest BCUT2D eigenvalue weighted by molar-refractivity contribution is 0.136. The number of piperidine rings is 1. The lowest BCUT2D eigenvalue weighted by Gasteiger charge is -2.37. The Morgan fingerprint density at radius 2 is 2.21 bits per heavy atom. The monoisotopic (exact) mass is 266 g/mol. The largest absolute Gasteiger partial charge is 0.383 e. The van der Waals surface area contributed by atoms with E-state index < -0.39 is 0 Å². The van der Waals surface area contributed by atoms with Crippen LogP contribution in [0.4, 0.5) is 0 Å². The van der Waals surface area contributed by atoms with E-state index in [9.17, 15) is 4.79 Å². The normalized spacial score (nSPS) is 25.7. The molecule has 2 atom stereocenters. The van der Waals surface area contributed by atoms with Gasteiger partial charge in [-0.2, -0.15) is 5.16 Å². The van der Waals surface area contributed by atoms with Crippen LogP contribution in [0.15, 0.2) is 15.4 Å². The van der Waals surface area contributed by atoms with Gasteiger partial charge >= 0.3 is 0 Å². The van der Waals surface area contributed by atoms with Crippen molar-refractivity contribution < 1.29 is 4.52 Å². The van der Waals surface area contributed by atoms with E-state index in [1.807, 2.05) is 0 Å². The summed E-state index contributed by atoms with van der Waals surface area (Å²) in [5.41, 5.74) is 0.259. The SMILES string of the molecule is CN1CC[C@H](c2cc(=O)[nH]o2)C[C@H]1CCC(C)(C)C. The maximum absolute atomic E-state index is 11.2. The second-order valence-corrected chi connectivity index (χ2v) is 7.07. The van der Waals surface area contributed by atoms with Crippen molar-refractivity contribution in [2.45, 2.75) is 58.4 Å². The lowest BCUT2D eigenvalue weighted by atomic mass is 9.83. The Labute approximate surface area is 115 Å². The zero-order valence-corrected chi connectivity index (χ0v) is 12.5. The average molecular weight is 266 g/mol. The van der Waals surface area contributed by atoms with Crippen LogP contribution >= 0.6 is 0 Å². The van der Waals surface area contributed by atoms with Crippen LogP contribution in [0.1, 0.15) is 58.1 Å². The summed E-state index contributed by atoms with van der Waals surface area (Å²) in [5.74, 6) is 1.22. The van der Waals surface area contributed by atoms with Crippen LogP contribution in [0.2, 0.25) is 0 Å². The first-order valence-corrected chi connectivity index (χ1v) is 7.24. The number of nitrogens with zero attached hydrogens (tertiary/aromatic N) is 1. The summed E-state index contributed by atoms with van der Waals surface area (Å²) >= 11 is 0. The summed E-state index contributed by atoms with van der Waals surface area (Å²) in [6, 6.07) is 2.20. The van der Waals surface area contributed by atoms with Crippen molar-refractivity contribution in [1.29, 1.82) is 0 Å². The molecule has 0 bridgehead atoms. The predicted molar refractivity (Wildman–Crippen MR) is 76.4 cm³/mol. The molecule has 4 heteroatoms. The summed E-state index contributed by atoms with van der Waals surface area (Å²) in [7, 11) is 2.21. The van der Waals surface area contributed by atoms with Gasteiger partial charge in [0.1, 0.15) is 5.76 Å². The van der Waals surface area contributed by atoms with E-state index in [2.05, 4.69) is 37.9 Å². The minimum atomic E-state index is -0.125. The number of hydrogen-bond donors (Lipinski definition) is 1. The summed E-state index contributed by atoms with van der Waals surface area (Å²) in [6.45, 7) is 7.95. The van der Waals surface area contributed by atoms with Gasteiger partial charge in [0, 0.05) is 18.0 Å². The number of hydrogen-bond acceptors (Lipinski definition) is 3. The molecule has 0 aliphatic carbocycles. The quantitative estimate of drug-likeness (QED) is 0.915. The second kappa shape index (κ2) is 5.53. The zero-order chi connectivity index (χ0) is 14.0. The summed E-state index contributed by atoms with van der Waals surface area (Å²) in [5, 5.41) is 2.40. The number of nitrogens with one attached hydrogen (secondary N) is 1. The van der Waals surface area contributed by atoms with Crippen molar-refractivity contribution in [2.24, 2.45) is 5.41 Å². The molecule has 0 unspecified atom stereocenters. The van der Waals surface area contributed by atoms with Gasteiger partial charge in [0.2, 0.25) is 0 Å². The van der Waals surface area contributed by atoms with Crippen molar-refractivity contribution in [2.75, 3.05) is 13.6 Å². The topological polar surface area (TPSA) is 49.2 Å². The molecule has 4 nitrogen and oxygen atoms in total. The number of aromatic amines is 1. The Morgan fingerprint density at radius 3 is 2.79 bits per heavy atom. The molecule has 0 saturated carbocycles. The molecule has 1 aliphatic rings. The van der Waals surface area contributed by atoms with Gasteiger partial charge in [0.25, 0.3) is 5.56 Å². The molecular weight excluding hydrogens is 240 g/mol. The fourth-order valence-electron chi connectivity index (χ4n) is 2.86. The van der Waals surface area contributed by atoms with Gasteiger partial charge in [-0.05, 0) is 44.7 Å². The third kappa shape index (κ3) is 3.96. The standard InChI is InChI=1S/C15H26N2O2/c1-15(2,3)7-5-12-9-11(6-8-17(12)4)13-10-14(18)16-19-13/h10-12H,5-9H2,1-4H3,(H,16,18)/t11-,12+/m0/s1. The first-order valence-electron chi connectivity index (χ1n) is 7.24. The molecule has 1 aromatic heterocycles.